The summed E-state index contributed by atoms with van der Waals surface area (Å²) in [6.07, 6.45) is 4.14. The summed E-state index contributed by atoms with van der Waals surface area (Å²) >= 11 is 0. The minimum absolute atomic E-state index is 0.0503. The third-order valence-electron chi connectivity index (χ3n) is 5.35. The van der Waals surface area contributed by atoms with Gasteiger partial charge in [-0.25, -0.2) is 0 Å². The van der Waals surface area contributed by atoms with E-state index in [2.05, 4.69) is 35.9 Å². The van der Waals surface area contributed by atoms with Crippen LogP contribution < -0.4 is 5.32 Å². The maximum atomic E-state index is 9.71. The standard InChI is InChI=1S/C18H36N4O2/c1-5-19-17(21-10-6-15(23)7-11-21)20-14-18(2,3)22-12-8-16(24-4)9-13-22/h15-16,23H,5-14H2,1-4H3,(H,19,20). The molecular weight excluding hydrogens is 304 g/mol. The summed E-state index contributed by atoms with van der Waals surface area (Å²) in [5.41, 5.74) is 0.0503. The molecule has 0 aliphatic carbocycles. The van der Waals surface area contributed by atoms with E-state index in [0.29, 0.717) is 6.10 Å². The van der Waals surface area contributed by atoms with Crippen LogP contribution in [0.5, 0.6) is 0 Å². The molecule has 2 aliphatic heterocycles. The van der Waals surface area contributed by atoms with E-state index < -0.39 is 0 Å². The molecule has 0 spiro atoms. The second kappa shape index (κ2) is 9.02. The molecule has 0 aromatic carbocycles. The Morgan fingerprint density at radius 1 is 1.17 bits per heavy atom. The molecule has 0 radical (unpaired) electrons. The van der Waals surface area contributed by atoms with Gasteiger partial charge in [-0.2, -0.15) is 0 Å². The number of guanidine groups is 1. The molecule has 2 fully saturated rings. The molecule has 140 valence electrons. The van der Waals surface area contributed by atoms with E-state index in [0.717, 1.165) is 70.9 Å². The molecule has 0 bridgehead atoms. The lowest BCUT2D eigenvalue weighted by molar-refractivity contribution is 0.00899. The summed E-state index contributed by atoms with van der Waals surface area (Å²) < 4.78 is 5.48. The van der Waals surface area contributed by atoms with Crippen molar-refractivity contribution in [1.82, 2.24) is 15.1 Å². The number of ether oxygens (including phenoxy) is 1. The minimum atomic E-state index is -0.150. The number of nitrogens with zero attached hydrogens (tertiary/aromatic N) is 3. The molecule has 2 heterocycles. The molecule has 0 amide bonds. The number of hydrogen-bond acceptors (Lipinski definition) is 4. The Labute approximate surface area is 147 Å². The van der Waals surface area contributed by atoms with Crippen molar-refractivity contribution >= 4 is 5.96 Å². The van der Waals surface area contributed by atoms with Gasteiger partial charge in [0.15, 0.2) is 5.96 Å². The molecule has 6 heteroatoms. The van der Waals surface area contributed by atoms with E-state index in [1.54, 1.807) is 0 Å². The number of aliphatic imine (C=N–C) groups is 1. The van der Waals surface area contributed by atoms with Crippen molar-refractivity contribution in [1.29, 1.82) is 0 Å². The van der Waals surface area contributed by atoms with E-state index in [4.69, 9.17) is 9.73 Å². The summed E-state index contributed by atoms with van der Waals surface area (Å²) in [5.74, 6) is 0.990. The molecular formula is C18H36N4O2. The average Bonchev–Trinajstić information content (AvgIpc) is 2.59. The highest BCUT2D eigenvalue weighted by Crippen LogP contribution is 2.22. The zero-order valence-electron chi connectivity index (χ0n) is 15.9. The summed E-state index contributed by atoms with van der Waals surface area (Å²) in [6.45, 7) is 12.2. The Morgan fingerprint density at radius 2 is 1.79 bits per heavy atom. The molecule has 2 saturated heterocycles. The highest BCUT2D eigenvalue weighted by Gasteiger charge is 2.31. The van der Waals surface area contributed by atoms with Crippen molar-refractivity contribution in [2.45, 2.75) is 64.2 Å². The molecule has 0 atom stereocenters. The summed E-state index contributed by atoms with van der Waals surface area (Å²) in [4.78, 5) is 9.74. The maximum absolute atomic E-state index is 9.71. The van der Waals surface area contributed by atoms with Gasteiger partial charge in [-0.1, -0.05) is 0 Å². The van der Waals surface area contributed by atoms with Gasteiger partial charge in [-0.05, 0) is 46.5 Å². The normalized spacial score (nSPS) is 22.9. The second-order valence-corrected chi connectivity index (χ2v) is 7.62. The zero-order chi connectivity index (χ0) is 17.6. The van der Waals surface area contributed by atoms with E-state index in [9.17, 15) is 5.11 Å². The Bertz CT molecular complexity index is 398. The van der Waals surface area contributed by atoms with Gasteiger partial charge in [0.1, 0.15) is 0 Å². The van der Waals surface area contributed by atoms with E-state index in [-0.39, 0.29) is 11.6 Å². The molecule has 0 aromatic rings. The molecule has 0 saturated carbocycles. The Balaban J connectivity index is 1.94. The first-order chi connectivity index (χ1) is 11.5. The van der Waals surface area contributed by atoms with Crippen molar-refractivity contribution in [3.63, 3.8) is 0 Å². The van der Waals surface area contributed by atoms with Crippen molar-refractivity contribution in [2.24, 2.45) is 4.99 Å². The Kier molecular flexibility index (Phi) is 7.32. The molecule has 2 rings (SSSR count). The van der Waals surface area contributed by atoms with Gasteiger partial charge in [0.2, 0.25) is 0 Å². The van der Waals surface area contributed by atoms with Crippen LogP contribution in [0.3, 0.4) is 0 Å². The van der Waals surface area contributed by atoms with Crippen LogP contribution in [0.1, 0.15) is 46.5 Å². The first kappa shape index (κ1) is 19.5. The van der Waals surface area contributed by atoms with Gasteiger partial charge < -0.3 is 20.1 Å². The smallest absolute Gasteiger partial charge is 0.193 e. The molecule has 0 aromatic heterocycles. The Morgan fingerprint density at radius 3 is 2.33 bits per heavy atom. The fourth-order valence-corrected chi connectivity index (χ4v) is 3.57. The van der Waals surface area contributed by atoms with Crippen molar-refractivity contribution in [2.75, 3.05) is 46.4 Å². The van der Waals surface area contributed by atoms with E-state index in [1.807, 2.05) is 7.11 Å². The summed E-state index contributed by atoms with van der Waals surface area (Å²) in [5, 5.41) is 13.1. The lowest BCUT2D eigenvalue weighted by Gasteiger charge is -2.42. The lowest BCUT2D eigenvalue weighted by atomic mass is 9.97. The van der Waals surface area contributed by atoms with Crippen LogP contribution >= 0.6 is 0 Å². The first-order valence-electron chi connectivity index (χ1n) is 9.45. The van der Waals surface area contributed by atoms with Crippen LogP contribution in [-0.2, 0) is 4.74 Å². The monoisotopic (exact) mass is 340 g/mol. The summed E-state index contributed by atoms with van der Waals surface area (Å²) in [6, 6.07) is 0. The maximum Gasteiger partial charge on any atom is 0.193 e. The van der Waals surface area contributed by atoms with Crippen LogP contribution in [-0.4, -0.2) is 85.0 Å². The van der Waals surface area contributed by atoms with Crippen molar-refractivity contribution < 1.29 is 9.84 Å². The molecule has 6 nitrogen and oxygen atoms in total. The number of methoxy groups -OCH3 is 1. The number of piperidine rings is 2. The number of aliphatic hydroxyl groups excluding tert-OH is 1. The van der Waals surface area contributed by atoms with Crippen LogP contribution in [0.15, 0.2) is 4.99 Å². The topological polar surface area (TPSA) is 60.3 Å². The minimum Gasteiger partial charge on any atom is -0.393 e. The fraction of sp³-hybridized carbons (Fsp3) is 0.944. The lowest BCUT2D eigenvalue weighted by Crippen LogP contribution is -2.52. The predicted octanol–water partition coefficient (Wildman–Crippen LogP) is 1.30. The summed E-state index contributed by atoms with van der Waals surface area (Å²) in [7, 11) is 1.81. The third kappa shape index (κ3) is 5.33. The quantitative estimate of drug-likeness (QED) is 0.583. The molecule has 2 aliphatic rings. The molecule has 0 unspecified atom stereocenters. The average molecular weight is 341 g/mol. The van der Waals surface area contributed by atoms with Crippen LogP contribution in [0, 0.1) is 0 Å². The second-order valence-electron chi connectivity index (χ2n) is 7.62. The molecule has 2 N–H and O–H groups in total. The van der Waals surface area contributed by atoms with Crippen LogP contribution in [0.2, 0.25) is 0 Å². The fourth-order valence-electron chi connectivity index (χ4n) is 3.57. The number of nitrogens with one attached hydrogen (secondary N) is 1. The van der Waals surface area contributed by atoms with Gasteiger partial charge in [-0.3, -0.25) is 9.89 Å². The highest BCUT2D eigenvalue weighted by molar-refractivity contribution is 5.80. The number of aliphatic hydroxyl groups is 1. The third-order valence-corrected chi connectivity index (χ3v) is 5.35. The van der Waals surface area contributed by atoms with Crippen LogP contribution in [0.25, 0.3) is 0 Å². The van der Waals surface area contributed by atoms with E-state index in [1.165, 1.54) is 0 Å². The Hall–Kier alpha value is -0.850. The van der Waals surface area contributed by atoms with Gasteiger partial charge in [0.25, 0.3) is 0 Å². The SMILES string of the molecule is CCNC(=NCC(C)(C)N1CCC(OC)CC1)N1CCC(O)CC1. The molecule has 24 heavy (non-hydrogen) atoms. The number of hydrogen-bond donors (Lipinski definition) is 2. The van der Waals surface area contributed by atoms with Crippen molar-refractivity contribution in [3.05, 3.63) is 0 Å². The van der Waals surface area contributed by atoms with Gasteiger partial charge >= 0.3 is 0 Å². The number of rotatable bonds is 5. The van der Waals surface area contributed by atoms with Gasteiger partial charge in [-0.15, -0.1) is 0 Å². The van der Waals surface area contributed by atoms with Crippen molar-refractivity contribution in [3.8, 4) is 0 Å². The van der Waals surface area contributed by atoms with Crippen LogP contribution in [0.4, 0.5) is 0 Å². The number of likely N-dealkylation sites (tertiary alicyclic amines) is 2. The predicted molar refractivity (Wildman–Crippen MR) is 98.5 cm³/mol. The van der Waals surface area contributed by atoms with Gasteiger partial charge in [0, 0.05) is 45.4 Å². The highest BCUT2D eigenvalue weighted by atomic mass is 16.5. The largest absolute Gasteiger partial charge is 0.393 e. The van der Waals surface area contributed by atoms with Gasteiger partial charge in [0.05, 0.1) is 18.8 Å². The zero-order valence-corrected chi connectivity index (χ0v) is 15.9. The van der Waals surface area contributed by atoms with E-state index >= 15 is 0 Å². The first-order valence-corrected chi connectivity index (χ1v) is 9.45.